The summed E-state index contributed by atoms with van der Waals surface area (Å²) in [4.78, 5) is 14.3. The van der Waals surface area contributed by atoms with E-state index in [1.165, 1.54) is 24.8 Å². The first kappa shape index (κ1) is 12.7. The van der Waals surface area contributed by atoms with Gasteiger partial charge in [0.2, 0.25) is 5.91 Å². The van der Waals surface area contributed by atoms with E-state index >= 15 is 0 Å². The van der Waals surface area contributed by atoms with Crippen molar-refractivity contribution in [1.29, 1.82) is 0 Å². The number of benzene rings is 1. The summed E-state index contributed by atoms with van der Waals surface area (Å²) in [6.45, 7) is 2.06. The highest BCUT2D eigenvalue weighted by Crippen LogP contribution is 2.35. The summed E-state index contributed by atoms with van der Waals surface area (Å²) in [5.41, 5.74) is 2.18. The summed E-state index contributed by atoms with van der Waals surface area (Å²) in [7, 11) is 1.88. The molecule has 1 saturated carbocycles. The highest BCUT2D eigenvalue weighted by molar-refractivity contribution is 5.97. The first-order chi connectivity index (χ1) is 9.15. The number of rotatable bonds is 2. The minimum Gasteiger partial charge on any atom is -0.314 e. The Balaban J connectivity index is 1.70. The number of aryl methyl sites for hydroxylation is 1. The Kier molecular flexibility index (Phi) is 3.31. The van der Waals surface area contributed by atoms with Gasteiger partial charge in [-0.2, -0.15) is 0 Å². The number of nitrogens with zero attached hydrogens (tertiary/aromatic N) is 1. The lowest BCUT2D eigenvalue weighted by Gasteiger charge is -2.22. The molecule has 3 nitrogen and oxygen atoms in total. The maximum absolute atomic E-state index is 12.6. The standard InChI is InChI=1S/C16H22N2O/c1-11-5-3-7-13(9-11)18(2)16(19)15-10-12-6-4-8-14(12)17-15/h3,5,7,9,12,14-15,17H,4,6,8,10H2,1-2H3/t12?,14?,15-/m0/s1. The van der Waals surface area contributed by atoms with Crippen LogP contribution < -0.4 is 10.2 Å². The Morgan fingerprint density at radius 3 is 2.95 bits per heavy atom. The third kappa shape index (κ3) is 2.39. The van der Waals surface area contributed by atoms with Crippen LogP contribution in [0.4, 0.5) is 5.69 Å². The van der Waals surface area contributed by atoms with Crippen molar-refractivity contribution in [3.8, 4) is 0 Å². The van der Waals surface area contributed by atoms with Crippen LogP contribution in [0.25, 0.3) is 0 Å². The van der Waals surface area contributed by atoms with Gasteiger partial charge in [-0.1, -0.05) is 18.6 Å². The van der Waals surface area contributed by atoms with Gasteiger partial charge in [0.1, 0.15) is 0 Å². The lowest BCUT2D eigenvalue weighted by atomic mass is 10.0. The summed E-state index contributed by atoms with van der Waals surface area (Å²) >= 11 is 0. The molecule has 3 atom stereocenters. The molecule has 2 unspecified atom stereocenters. The Labute approximate surface area is 115 Å². The molecule has 0 radical (unpaired) electrons. The molecular weight excluding hydrogens is 236 g/mol. The molecular formula is C16H22N2O. The number of nitrogens with one attached hydrogen (secondary N) is 1. The van der Waals surface area contributed by atoms with Crippen LogP contribution in [0.2, 0.25) is 0 Å². The third-order valence-corrected chi connectivity index (χ3v) is 4.63. The number of hydrogen-bond donors (Lipinski definition) is 1. The predicted molar refractivity (Wildman–Crippen MR) is 77.3 cm³/mol. The Bertz CT molecular complexity index is 473. The van der Waals surface area contributed by atoms with Gasteiger partial charge in [0, 0.05) is 18.8 Å². The van der Waals surface area contributed by atoms with Gasteiger partial charge in [-0.3, -0.25) is 4.79 Å². The second-order valence-corrected chi connectivity index (χ2v) is 5.99. The molecule has 1 aliphatic heterocycles. The predicted octanol–water partition coefficient (Wildman–Crippen LogP) is 2.49. The summed E-state index contributed by atoms with van der Waals surface area (Å²) in [6.07, 6.45) is 4.86. The molecule has 1 amide bonds. The van der Waals surface area contributed by atoms with Crippen LogP contribution in [-0.4, -0.2) is 25.0 Å². The van der Waals surface area contributed by atoms with Gasteiger partial charge < -0.3 is 10.2 Å². The van der Waals surface area contributed by atoms with Crippen LogP contribution in [0.5, 0.6) is 0 Å². The second kappa shape index (κ2) is 4.97. The normalized spacial score (nSPS) is 29.3. The molecule has 3 rings (SSSR count). The number of amides is 1. The van der Waals surface area contributed by atoms with E-state index in [4.69, 9.17) is 0 Å². The van der Waals surface area contributed by atoms with Gasteiger partial charge >= 0.3 is 0 Å². The summed E-state index contributed by atoms with van der Waals surface area (Å²) in [5, 5.41) is 3.53. The van der Waals surface area contributed by atoms with Crippen molar-refractivity contribution < 1.29 is 4.79 Å². The SMILES string of the molecule is Cc1cccc(N(C)C(=O)[C@@H]2CC3CCCC3N2)c1. The molecule has 1 aromatic rings. The van der Waals surface area contributed by atoms with Gasteiger partial charge in [-0.05, 0) is 49.8 Å². The third-order valence-electron chi connectivity index (χ3n) is 4.63. The lowest BCUT2D eigenvalue weighted by molar-refractivity contribution is -0.120. The van der Waals surface area contributed by atoms with Crippen molar-refractivity contribution in [3.63, 3.8) is 0 Å². The molecule has 0 aromatic heterocycles. The molecule has 0 bridgehead atoms. The zero-order valence-corrected chi connectivity index (χ0v) is 11.7. The number of carbonyl (C=O) groups is 1. The summed E-state index contributed by atoms with van der Waals surface area (Å²) in [5.74, 6) is 0.930. The zero-order chi connectivity index (χ0) is 13.4. The topological polar surface area (TPSA) is 32.3 Å². The van der Waals surface area contributed by atoms with Gasteiger partial charge in [-0.15, -0.1) is 0 Å². The average molecular weight is 258 g/mol. The number of anilines is 1. The minimum absolute atomic E-state index is 0.0146. The molecule has 102 valence electrons. The molecule has 1 aromatic carbocycles. The van der Waals surface area contributed by atoms with Crippen LogP contribution in [0, 0.1) is 12.8 Å². The van der Waals surface area contributed by atoms with E-state index in [0.29, 0.717) is 6.04 Å². The molecule has 3 heteroatoms. The van der Waals surface area contributed by atoms with Crippen LogP contribution >= 0.6 is 0 Å². The van der Waals surface area contributed by atoms with E-state index in [9.17, 15) is 4.79 Å². The maximum atomic E-state index is 12.6. The molecule has 1 heterocycles. The number of likely N-dealkylation sites (N-methyl/N-ethyl adjacent to an activating group) is 1. The quantitative estimate of drug-likeness (QED) is 0.884. The van der Waals surface area contributed by atoms with Crippen molar-refractivity contribution in [3.05, 3.63) is 29.8 Å². The lowest BCUT2D eigenvalue weighted by Crippen LogP contribution is -2.43. The summed E-state index contributed by atoms with van der Waals surface area (Å²) < 4.78 is 0. The molecule has 1 saturated heterocycles. The van der Waals surface area contributed by atoms with E-state index in [1.54, 1.807) is 4.90 Å². The number of fused-ring (bicyclic) bond motifs is 1. The van der Waals surface area contributed by atoms with Crippen molar-refractivity contribution in [2.24, 2.45) is 5.92 Å². The number of carbonyl (C=O) groups excluding carboxylic acids is 1. The maximum Gasteiger partial charge on any atom is 0.243 e. The fourth-order valence-electron chi connectivity index (χ4n) is 3.54. The fourth-order valence-corrected chi connectivity index (χ4v) is 3.54. The first-order valence-electron chi connectivity index (χ1n) is 7.25. The van der Waals surface area contributed by atoms with Gasteiger partial charge in [0.25, 0.3) is 0 Å². The van der Waals surface area contributed by atoms with E-state index in [0.717, 1.165) is 18.0 Å². The Morgan fingerprint density at radius 1 is 1.37 bits per heavy atom. The van der Waals surface area contributed by atoms with Crippen molar-refractivity contribution >= 4 is 11.6 Å². The van der Waals surface area contributed by atoms with E-state index in [2.05, 4.69) is 24.4 Å². The van der Waals surface area contributed by atoms with Crippen LogP contribution in [0.3, 0.4) is 0 Å². The van der Waals surface area contributed by atoms with E-state index in [1.807, 2.05) is 19.2 Å². The zero-order valence-electron chi connectivity index (χ0n) is 11.7. The van der Waals surface area contributed by atoms with E-state index in [-0.39, 0.29) is 11.9 Å². The molecule has 1 aliphatic carbocycles. The van der Waals surface area contributed by atoms with Gasteiger partial charge in [-0.25, -0.2) is 0 Å². The fraction of sp³-hybridized carbons (Fsp3) is 0.562. The average Bonchev–Trinajstić information content (AvgIpc) is 2.97. The minimum atomic E-state index is 0.0146. The largest absolute Gasteiger partial charge is 0.314 e. The van der Waals surface area contributed by atoms with Crippen LogP contribution in [0.15, 0.2) is 24.3 Å². The van der Waals surface area contributed by atoms with E-state index < -0.39 is 0 Å². The Hall–Kier alpha value is -1.35. The van der Waals surface area contributed by atoms with Crippen LogP contribution in [-0.2, 0) is 4.79 Å². The highest BCUT2D eigenvalue weighted by Gasteiger charge is 2.40. The molecule has 2 aliphatic rings. The molecule has 0 spiro atoms. The van der Waals surface area contributed by atoms with Gasteiger partial charge in [0.15, 0.2) is 0 Å². The van der Waals surface area contributed by atoms with Gasteiger partial charge in [0.05, 0.1) is 6.04 Å². The molecule has 19 heavy (non-hydrogen) atoms. The smallest absolute Gasteiger partial charge is 0.243 e. The monoisotopic (exact) mass is 258 g/mol. The molecule has 1 N–H and O–H groups in total. The second-order valence-electron chi connectivity index (χ2n) is 5.99. The van der Waals surface area contributed by atoms with Crippen molar-refractivity contribution in [2.45, 2.75) is 44.7 Å². The highest BCUT2D eigenvalue weighted by atomic mass is 16.2. The Morgan fingerprint density at radius 2 is 2.21 bits per heavy atom. The number of hydrogen-bond acceptors (Lipinski definition) is 2. The summed E-state index contributed by atoms with van der Waals surface area (Å²) in [6, 6.07) is 8.72. The first-order valence-corrected chi connectivity index (χ1v) is 7.25. The van der Waals surface area contributed by atoms with Crippen molar-refractivity contribution in [2.75, 3.05) is 11.9 Å². The van der Waals surface area contributed by atoms with Crippen molar-refractivity contribution in [1.82, 2.24) is 5.32 Å². The molecule has 2 fully saturated rings. The van der Waals surface area contributed by atoms with Crippen LogP contribution in [0.1, 0.15) is 31.2 Å².